The highest BCUT2D eigenvalue weighted by Gasteiger charge is 2.39. The summed E-state index contributed by atoms with van der Waals surface area (Å²) in [5.41, 5.74) is 2.48. The molecule has 0 saturated carbocycles. The third kappa shape index (κ3) is 2.36. The lowest BCUT2D eigenvalue weighted by Gasteiger charge is -2.26. The first-order chi connectivity index (χ1) is 7.90. The number of benzene rings is 1. The van der Waals surface area contributed by atoms with Crippen LogP contribution in [0.1, 0.15) is 57.1 Å². The minimum absolute atomic E-state index is 0.129. The Bertz CT molecular complexity index is 417. The summed E-state index contributed by atoms with van der Waals surface area (Å²) in [6, 6.07) is 8.70. The minimum Gasteiger partial charge on any atom is -0.351 e. The second-order valence-electron chi connectivity index (χ2n) is 5.85. The number of carbonyl (C=O) groups is 1. The average Bonchev–Trinajstić information content (AvgIpc) is 2.52. The van der Waals surface area contributed by atoms with Gasteiger partial charge in [-0.1, -0.05) is 38.1 Å². The molecule has 1 amide bonds. The van der Waals surface area contributed by atoms with Gasteiger partial charge in [0.1, 0.15) is 0 Å². The van der Waals surface area contributed by atoms with Gasteiger partial charge >= 0.3 is 0 Å². The highest BCUT2D eigenvalue weighted by Crippen LogP contribution is 2.36. The lowest BCUT2D eigenvalue weighted by Crippen LogP contribution is -2.38. The van der Waals surface area contributed by atoms with Gasteiger partial charge in [-0.2, -0.15) is 0 Å². The molecule has 1 aliphatic rings. The van der Waals surface area contributed by atoms with Gasteiger partial charge in [0.05, 0.1) is 0 Å². The van der Waals surface area contributed by atoms with Crippen molar-refractivity contribution in [3.8, 4) is 0 Å². The van der Waals surface area contributed by atoms with Crippen molar-refractivity contribution < 1.29 is 4.79 Å². The molecule has 1 saturated heterocycles. The van der Waals surface area contributed by atoms with E-state index in [1.54, 1.807) is 0 Å². The van der Waals surface area contributed by atoms with E-state index in [0.717, 1.165) is 0 Å². The van der Waals surface area contributed by atoms with Crippen LogP contribution in [-0.2, 0) is 4.79 Å². The van der Waals surface area contributed by atoms with Crippen molar-refractivity contribution in [2.45, 2.75) is 51.5 Å². The maximum atomic E-state index is 11.5. The standard InChI is InChI=1S/C15H21NO/c1-10(2)11-5-7-12(8-6-11)13-9-14(17)16-15(13,3)4/h5-8,10,13H,9H2,1-4H3,(H,16,17). The highest BCUT2D eigenvalue weighted by molar-refractivity contribution is 5.81. The van der Waals surface area contributed by atoms with E-state index in [-0.39, 0.29) is 17.4 Å². The smallest absolute Gasteiger partial charge is 0.221 e. The molecule has 1 aromatic carbocycles. The van der Waals surface area contributed by atoms with Crippen LogP contribution >= 0.6 is 0 Å². The Balaban J connectivity index is 2.26. The molecule has 0 spiro atoms. The summed E-state index contributed by atoms with van der Waals surface area (Å²) < 4.78 is 0. The summed E-state index contributed by atoms with van der Waals surface area (Å²) in [7, 11) is 0. The number of rotatable bonds is 2. The number of carbonyl (C=O) groups excluding carboxylic acids is 1. The molecule has 0 aromatic heterocycles. The highest BCUT2D eigenvalue weighted by atomic mass is 16.2. The minimum atomic E-state index is -0.129. The van der Waals surface area contributed by atoms with Gasteiger partial charge in [0.25, 0.3) is 0 Å². The van der Waals surface area contributed by atoms with E-state index < -0.39 is 0 Å². The zero-order valence-electron chi connectivity index (χ0n) is 11.1. The average molecular weight is 231 g/mol. The Labute approximate surface area is 103 Å². The van der Waals surface area contributed by atoms with Crippen molar-refractivity contribution in [2.75, 3.05) is 0 Å². The van der Waals surface area contributed by atoms with E-state index in [9.17, 15) is 4.79 Å². The fourth-order valence-corrected chi connectivity index (χ4v) is 2.59. The van der Waals surface area contributed by atoms with Gasteiger partial charge in [-0.05, 0) is 30.9 Å². The summed E-state index contributed by atoms with van der Waals surface area (Å²) in [4.78, 5) is 11.5. The van der Waals surface area contributed by atoms with Crippen LogP contribution in [-0.4, -0.2) is 11.4 Å². The van der Waals surface area contributed by atoms with Crippen LogP contribution in [0.15, 0.2) is 24.3 Å². The molecule has 1 aromatic rings. The monoisotopic (exact) mass is 231 g/mol. The predicted molar refractivity (Wildman–Crippen MR) is 70.1 cm³/mol. The third-order valence-corrected chi connectivity index (χ3v) is 3.73. The topological polar surface area (TPSA) is 29.1 Å². The molecule has 1 atom stereocenters. The maximum absolute atomic E-state index is 11.5. The van der Waals surface area contributed by atoms with Gasteiger partial charge in [0, 0.05) is 17.9 Å². The third-order valence-electron chi connectivity index (χ3n) is 3.73. The van der Waals surface area contributed by atoms with Crippen LogP contribution in [0.3, 0.4) is 0 Å². The van der Waals surface area contributed by atoms with Crippen LogP contribution in [0.2, 0.25) is 0 Å². The van der Waals surface area contributed by atoms with Crippen molar-refractivity contribution in [2.24, 2.45) is 0 Å². The molecule has 1 fully saturated rings. The molecule has 1 N–H and O–H groups in total. The van der Waals surface area contributed by atoms with E-state index in [1.165, 1.54) is 11.1 Å². The first-order valence-electron chi connectivity index (χ1n) is 6.31. The van der Waals surface area contributed by atoms with E-state index in [1.807, 2.05) is 0 Å². The summed E-state index contributed by atoms with van der Waals surface area (Å²) in [6.07, 6.45) is 0.605. The molecule has 0 radical (unpaired) electrons. The van der Waals surface area contributed by atoms with E-state index in [2.05, 4.69) is 57.3 Å². The van der Waals surface area contributed by atoms with Crippen LogP contribution in [0.25, 0.3) is 0 Å². The Morgan fingerprint density at radius 1 is 1.24 bits per heavy atom. The van der Waals surface area contributed by atoms with Gasteiger partial charge in [-0.3, -0.25) is 4.79 Å². The van der Waals surface area contributed by atoms with Crippen LogP contribution in [0, 0.1) is 0 Å². The number of hydrogen-bond donors (Lipinski definition) is 1. The summed E-state index contributed by atoms with van der Waals surface area (Å²) >= 11 is 0. The van der Waals surface area contributed by atoms with Gasteiger partial charge in [0.15, 0.2) is 0 Å². The number of hydrogen-bond acceptors (Lipinski definition) is 1. The van der Waals surface area contributed by atoms with Crippen LogP contribution in [0.5, 0.6) is 0 Å². The molecule has 1 heterocycles. The van der Waals surface area contributed by atoms with E-state index >= 15 is 0 Å². The number of amides is 1. The first kappa shape index (κ1) is 12.2. The lowest BCUT2D eigenvalue weighted by molar-refractivity contribution is -0.119. The first-order valence-corrected chi connectivity index (χ1v) is 6.31. The Morgan fingerprint density at radius 3 is 2.24 bits per heavy atom. The summed E-state index contributed by atoms with van der Waals surface area (Å²) in [6.45, 7) is 8.58. The molecule has 2 nitrogen and oxygen atoms in total. The van der Waals surface area contributed by atoms with E-state index in [0.29, 0.717) is 12.3 Å². The molecule has 17 heavy (non-hydrogen) atoms. The predicted octanol–water partition coefficient (Wildman–Crippen LogP) is 3.19. The van der Waals surface area contributed by atoms with Crippen molar-refractivity contribution >= 4 is 5.91 Å². The van der Waals surface area contributed by atoms with Crippen LogP contribution in [0.4, 0.5) is 0 Å². The van der Waals surface area contributed by atoms with Crippen molar-refractivity contribution in [1.29, 1.82) is 0 Å². The van der Waals surface area contributed by atoms with Crippen molar-refractivity contribution in [3.05, 3.63) is 35.4 Å². The quantitative estimate of drug-likeness (QED) is 0.832. The van der Waals surface area contributed by atoms with E-state index in [4.69, 9.17) is 0 Å². The SMILES string of the molecule is CC(C)c1ccc(C2CC(=O)NC2(C)C)cc1. The Hall–Kier alpha value is -1.31. The fourth-order valence-electron chi connectivity index (χ4n) is 2.59. The largest absolute Gasteiger partial charge is 0.351 e. The molecule has 0 aliphatic carbocycles. The molecular weight excluding hydrogens is 210 g/mol. The molecular formula is C15H21NO. The molecule has 92 valence electrons. The zero-order valence-corrected chi connectivity index (χ0v) is 11.1. The Morgan fingerprint density at radius 2 is 1.82 bits per heavy atom. The molecule has 1 unspecified atom stereocenters. The van der Waals surface area contributed by atoms with Gasteiger partial charge in [-0.15, -0.1) is 0 Å². The van der Waals surface area contributed by atoms with Gasteiger partial charge in [-0.25, -0.2) is 0 Å². The zero-order chi connectivity index (χ0) is 12.6. The molecule has 2 heteroatoms. The normalized spacial score (nSPS) is 22.9. The molecule has 2 rings (SSSR count). The summed E-state index contributed by atoms with van der Waals surface area (Å²) in [5, 5.41) is 3.04. The van der Waals surface area contributed by atoms with Crippen molar-refractivity contribution in [3.63, 3.8) is 0 Å². The van der Waals surface area contributed by atoms with Gasteiger partial charge < -0.3 is 5.32 Å². The summed E-state index contributed by atoms with van der Waals surface area (Å²) in [5.74, 6) is 1.00. The van der Waals surface area contributed by atoms with Crippen LogP contribution < -0.4 is 5.32 Å². The Kier molecular flexibility index (Phi) is 2.98. The fraction of sp³-hybridized carbons (Fsp3) is 0.533. The second kappa shape index (κ2) is 4.17. The van der Waals surface area contributed by atoms with Gasteiger partial charge in [0.2, 0.25) is 5.91 Å². The maximum Gasteiger partial charge on any atom is 0.221 e. The lowest BCUT2D eigenvalue weighted by atomic mass is 9.82. The molecule has 0 bridgehead atoms. The van der Waals surface area contributed by atoms with Crippen molar-refractivity contribution in [1.82, 2.24) is 5.32 Å². The number of nitrogens with one attached hydrogen (secondary N) is 1. The second-order valence-corrected chi connectivity index (χ2v) is 5.85. The molecule has 1 aliphatic heterocycles.